The second kappa shape index (κ2) is 6.42. The molecule has 1 N–H and O–H groups in total. The fraction of sp³-hybridized carbons (Fsp3) is 0.158. The third-order valence-corrected chi connectivity index (χ3v) is 5.13. The van der Waals surface area contributed by atoms with Crippen LogP contribution in [0, 0.1) is 0 Å². The number of hydrogen-bond donors (Lipinski definition) is 1. The van der Waals surface area contributed by atoms with Crippen LogP contribution in [0.5, 0.6) is 0 Å². The van der Waals surface area contributed by atoms with Gasteiger partial charge in [-0.1, -0.05) is 42.5 Å². The van der Waals surface area contributed by atoms with Gasteiger partial charge in [0, 0.05) is 18.4 Å². The van der Waals surface area contributed by atoms with E-state index in [1.54, 1.807) is 6.33 Å². The summed E-state index contributed by atoms with van der Waals surface area (Å²) >= 11 is 0. The van der Waals surface area contributed by atoms with E-state index in [2.05, 4.69) is 15.0 Å². The Kier molecular flexibility index (Phi) is 4.08. The van der Waals surface area contributed by atoms with Crippen LogP contribution in [0.25, 0.3) is 33.8 Å². The Morgan fingerprint density at radius 2 is 1.77 bits per heavy atom. The zero-order valence-corrected chi connectivity index (χ0v) is 15.1. The molecule has 4 rings (SSSR count). The van der Waals surface area contributed by atoms with Crippen LogP contribution in [0.2, 0.25) is 0 Å². The largest absolute Gasteiger partial charge is 0.337 e. The van der Waals surface area contributed by atoms with Crippen LogP contribution in [0.3, 0.4) is 0 Å². The number of hydrogen-bond acceptors (Lipinski definition) is 4. The van der Waals surface area contributed by atoms with Gasteiger partial charge in [0.15, 0.2) is 5.82 Å². The van der Waals surface area contributed by atoms with Crippen LogP contribution < -0.4 is 0 Å². The molecule has 7 heteroatoms. The SMILES string of the molecule is CS(=O)(=O)CCn1cnc(-c2ccccc2)c1-c1nc2ccccc2[nH]1. The molecule has 0 spiro atoms. The Morgan fingerprint density at radius 1 is 1.04 bits per heavy atom. The van der Waals surface area contributed by atoms with Gasteiger partial charge in [0.25, 0.3) is 0 Å². The summed E-state index contributed by atoms with van der Waals surface area (Å²) in [6, 6.07) is 17.6. The predicted octanol–water partition coefficient (Wildman–Crippen LogP) is 3.14. The monoisotopic (exact) mass is 366 g/mol. The Balaban J connectivity index is 1.87. The molecular formula is C19H18N4O2S. The number of H-pyrrole nitrogens is 1. The van der Waals surface area contributed by atoms with Crippen molar-refractivity contribution in [2.24, 2.45) is 0 Å². The molecular weight excluding hydrogens is 348 g/mol. The Bertz CT molecular complexity index is 1130. The van der Waals surface area contributed by atoms with Gasteiger partial charge in [0.2, 0.25) is 0 Å². The highest BCUT2D eigenvalue weighted by molar-refractivity contribution is 7.90. The summed E-state index contributed by atoms with van der Waals surface area (Å²) in [5.74, 6) is 0.723. The minimum Gasteiger partial charge on any atom is -0.337 e. The van der Waals surface area contributed by atoms with E-state index >= 15 is 0 Å². The predicted molar refractivity (Wildman–Crippen MR) is 102 cm³/mol. The smallest absolute Gasteiger partial charge is 0.157 e. The molecule has 0 saturated carbocycles. The Morgan fingerprint density at radius 3 is 2.50 bits per heavy atom. The van der Waals surface area contributed by atoms with Gasteiger partial charge < -0.3 is 9.55 Å². The number of nitrogens with one attached hydrogen (secondary N) is 1. The molecule has 2 aromatic heterocycles. The maximum absolute atomic E-state index is 11.6. The van der Waals surface area contributed by atoms with Gasteiger partial charge in [0.05, 0.1) is 28.8 Å². The maximum atomic E-state index is 11.6. The molecule has 132 valence electrons. The summed E-state index contributed by atoms with van der Waals surface area (Å²) in [7, 11) is -3.08. The molecule has 0 bridgehead atoms. The van der Waals surface area contributed by atoms with Crippen LogP contribution in [0.15, 0.2) is 60.9 Å². The van der Waals surface area contributed by atoms with Crippen molar-refractivity contribution in [3.05, 3.63) is 60.9 Å². The average Bonchev–Trinajstić information content (AvgIpc) is 3.23. The van der Waals surface area contributed by atoms with Crippen LogP contribution in [-0.4, -0.2) is 39.9 Å². The minimum atomic E-state index is -3.08. The average molecular weight is 366 g/mol. The molecule has 0 aliphatic heterocycles. The summed E-state index contributed by atoms with van der Waals surface area (Å²) in [6.45, 7) is 0.324. The van der Waals surface area contributed by atoms with Gasteiger partial charge in [-0.15, -0.1) is 0 Å². The molecule has 0 radical (unpaired) electrons. The first-order chi connectivity index (χ1) is 12.5. The first-order valence-corrected chi connectivity index (χ1v) is 10.3. The highest BCUT2D eigenvalue weighted by atomic mass is 32.2. The number of aromatic nitrogens is 4. The van der Waals surface area contributed by atoms with E-state index in [1.807, 2.05) is 59.2 Å². The normalized spacial score (nSPS) is 11.9. The lowest BCUT2D eigenvalue weighted by atomic mass is 10.1. The van der Waals surface area contributed by atoms with Gasteiger partial charge in [0.1, 0.15) is 15.5 Å². The number of para-hydroxylation sites is 2. The van der Waals surface area contributed by atoms with E-state index in [0.717, 1.165) is 28.0 Å². The van der Waals surface area contributed by atoms with Crippen molar-refractivity contribution in [2.75, 3.05) is 12.0 Å². The van der Waals surface area contributed by atoms with Gasteiger partial charge in [-0.2, -0.15) is 0 Å². The molecule has 0 atom stereocenters. The van der Waals surface area contributed by atoms with E-state index in [9.17, 15) is 8.42 Å². The second-order valence-corrected chi connectivity index (χ2v) is 8.49. The van der Waals surface area contributed by atoms with E-state index in [4.69, 9.17) is 0 Å². The van der Waals surface area contributed by atoms with Crippen molar-refractivity contribution in [3.8, 4) is 22.8 Å². The summed E-state index contributed by atoms with van der Waals surface area (Å²) < 4.78 is 25.1. The zero-order chi connectivity index (χ0) is 18.1. The van der Waals surface area contributed by atoms with Crippen LogP contribution >= 0.6 is 0 Å². The molecule has 26 heavy (non-hydrogen) atoms. The van der Waals surface area contributed by atoms with Crippen molar-refractivity contribution >= 4 is 20.9 Å². The molecule has 0 aliphatic carbocycles. The molecule has 0 fully saturated rings. The third-order valence-electron chi connectivity index (χ3n) is 4.20. The highest BCUT2D eigenvalue weighted by Gasteiger charge is 2.19. The number of imidazole rings is 2. The minimum absolute atomic E-state index is 0.0464. The van der Waals surface area contributed by atoms with E-state index in [0.29, 0.717) is 12.4 Å². The van der Waals surface area contributed by atoms with Crippen molar-refractivity contribution in [1.82, 2.24) is 19.5 Å². The van der Waals surface area contributed by atoms with Crippen molar-refractivity contribution in [3.63, 3.8) is 0 Å². The van der Waals surface area contributed by atoms with Gasteiger partial charge in [-0.3, -0.25) is 0 Å². The number of benzene rings is 2. The Hall–Kier alpha value is -2.93. The molecule has 2 aromatic carbocycles. The number of aromatic amines is 1. The number of rotatable bonds is 5. The number of sulfone groups is 1. The van der Waals surface area contributed by atoms with Gasteiger partial charge in [-0.25, -0.2) is 18.4 Å². The summed E-state index contributed by atoms with van der Waals surface area (Å²) in [4.78, 5) is 12.5. The van der Waals surface area contributed by atoms with Crippen molar-refractivity contribution in [1.29, 1.82) is 0 Å². The van der Waals surface area contributed by atoms with Crippen LogP contribution in [-0.2, 0) is 16.4 Å². The van der Waals surface area contributed by atoms with E-state index in [1.165, 1.54) is 6.26 Å². The molecule has 4 aromatic rings. The second-order valence-electron chi connectivity index (χ2n) is 6.23. The molecule has 0 aliphatic rings. The first-order valence-electron chi connectivity index (χ1n) is 8.25. The maximum Gasteiger partial charge on any atom is 0.157 e. The standard InChI is InChI=1S/C19H18N4O2S/c1-26(24,25)12-11-23-13-20-17(14-7-3-2-4-8-14)18(23)19-21-15-9-5-6-10-16(15)22-19/h2-10,13H,11-12H2,1H3,(H,21,22). The van der Waals surface area contributed by atoms with Gasteiger partial charge >= 0.3 is 0 Å². The summed E-state index contributed by atoms with van der Waals surface area (Å²) in [5, 5.41) is 0. The van der Waals surface area contributed by atoms with E-state index < -0.39 is 9.84 Å². The lowest BCUT2D eigenvalue weighted by Gasteiger charge is -2.08. The number of aryl methyl sites for hydroxylation is 1. The van der Waals surface area contributed by atoms with Crippen LogP contribution in [0.4, 0.5) is 0 Å². The first kappa shape index (κ1) is 16.5. The molecule has 0 amide bonds. The van der Waals surface area contributed by atoms with Gasteiger partial charge in [-0.05, 0) is 12.1 Å². The Labute approximate surface area is 151 Å². The number of fused-ring (bicyclic) bond motifs is 1. The number of nitrogens with zero attached hydrogens (tertiary/aromatic N) is 3. The fourth-order valence-electron chi connectivity index (χ4n) is 2.94. The zero-order valence-electron chi connectivity index (χ0n) is 14.3. The van der Waals surface area contributed by atoms with Crippen LogP contribution in [0.1, 0.15) is 0 Å². The topological polar surface area (TPSA) is 80.6 Å². The lowest BCUT2D eigenvalue weighted by molar-refractivity contribution is 0.595. The summed E-state index contributed by atoms with van der Waals surface area (Å²) in [6.07, 6.45) is 2.92. The third kappa shape index (κ3) is 3.25. The van der Waals surface area contributed by atoms with Crippen molar-refractivity contribution in [2.45, 2.75) is 6.54 Å². The lowest BCUT2D eigenvalue weighted by Crippen LogP contribution is -2.11. The highest BCUT2D eigenvalue weighted by Crippen LogP contribution is 2.30. The molecule has 0 saturated heterocycles. The quantitative estimate of drug-likeness (QED) is 0.588. The molecule has 6 nitrogen and oxygen atoms in total. The molecule has 2 heterocycles. The van der Waals surface area contributed by atoms with Crippen molar-refractivity contribution < 1.29 is 8.42 Å². The summed E-state index contributed by atoms with van der Waals surface area (Å²) in [5.41, 5.74) is 4.31. The molecule has 0 unspecified atom stereocenters. The fourth-order valence-corrected chi connectivity index (χ4v) is 3.46. The van der Waals surface area contributed by atoms with E-state index in [-0.39, 0.29) is 5.75 Å².